The van der Waals surface area contributed by atoms with Crippen LogP contribution in [0.15, 0.2) is 24.3 Å². The van der Waals surface area contributed by atoms with E-state index < -0.39 is 0 Å². The van der Waals surface area contributed by atoms with Gasteiger partial charge in [0.2, 0.25) is 11.8 Å². The summed E-state index contributed by atoms with van der Waals surface area (Å²) in [6.07, 6.45) is 3.28. The van der Waals surface area contributed by atoms with Gasteiger partial charge in [0, 0.05) is 32.2 Å². The van der Waals surface area contributed by atoms with Crippen molar-refractivity contribution in [2.24, 2.45) is 5.92 Å². The molecule has 0 saturated carbocycles. The van der Waals surface area contributed by atoms with Crippen LogP contribution in [0.1, 0.15) is 38.7 Å². The Bertz CT molecular complexity index is 542. The third-order valence-electron chi connectivity index (χ3n) is 4.36. The highest BCUT2D eigenvalue weighted by Crippen LogP contribution is 2.29. The first-order valence-electron chi connectivity index (χ1n) is 8.21. The minimum absolute atomic E-state index is 0.0585. The van der Waals surface area contributed by atoms with Gasteiger partial charge in [0.15, 0.2) is 0 Å². The summed E-state index contributed by atoms with van der Waals surface area (Å²) in [4.78, 5) is 28.4. The zero-order valence-electron chi connectivity index (χ0n) is 13.8. The molecule has 4 heteroatoms. The number of benzene rings is 1. The normalized spacial score (nSPS) is 17.9. The van der Waals surface area contributed by atoms with Crippen molar-refractivity contribution in [3.63, 3.8) is 0 Å². The van der Waals surface area contributed by atoms with Gasteiger partial charge in [0.05, 0.1) is 5.92 Å². The average molecular weight is 302 g/mol. The van der Waals surface area contributed by atoms with E-state index in [1.807, 2.05) is 31.3 Å². The summed E-state index contributed by atoms with van der Waals surface area (Å²) in [5, 5.41) is 0. The molecule has 4 nitrogen and oxygen atoms in total. The Balaban J connectivity index is 2.09. The summed E-state index contributed by atoms with van der Waals surface area (Å²) < 4.78 is 0. The van der Waals surface area contributed by atoms with Gasteiger partial charge in [0.1, 0.15) is 0 Å². The van der Waals surface area contributed by atoms with Gasteiger partial charge in [-0.05, 0) is 24.5 Å². The molecule has 1 saturated heterocycles. The molecule has 1 fully saturated rings. The maximum Gasteiger partial charge on any atom is 0.227 e. The van der Waals surface area contributed by atoms with Crippen LogP contribution in [0.3, 0.4) is 0 Å². The number of anilines is 1. The largest absolute Gasteiger partial charge is 0.345 e. The Morgan fingerprint density at radius 2 is 2.05 bits per heavy atom. The topological polar surface area (TPSA) is 40.6 Å². The first kappa shape index (κ1) is 16.5. The van der Waals surface area contributed by atoms with E-state index in [9.17, 15) is 9.59 Å². The zero-order chi connectivity index (χ0) is 16.1. The van der Waals surface area contributed by atoms with Crippen LogP contribution < -0.4 is 4.90 Å². The summed E-state index contributed by atoms with van der Waals surface area (Å²) in [7, 11) is 1.84. The zero-order valence-corrected chi connectivity index (χ0v) is 13.8. The van der Waals surface area contributed by atoms with Gasteiger partial charge in [-0.3, -0.25) is 9.59 Å². The van der Waals surface area contributed by atoms with Gasteiger partial charge in [-0.15, -0.1) is 0 Å². The van der Waals surface area contributed by atoms with Crippen molar-refractivity contribution in [2.45, 2.75) is 39.5 Å². The molecule has 0 bridgehead atoms. The fraction of sp³-hybridized carbons (Fsp3) is 0.556. The highest BCUT2D eigenvalue weighted by Gasteiger charge is 2.36. The van der Waals surface area contributed by atoms with Crippen molar-refractivity contribution in [1.82, 2.24) is 4.90 Å². The van der Waals surface area contributed by atoms with Crippen LogP contribution >= 0.6 is 0 Å². The predicted molar refractivity (Wildman–Crippen MR) is 88.8 cm³/mol. The molecule has 1 unspecified atom stereocenters. The van der Waals surface area contributed by atoms with Crippen LogP contribution in [0.25, 0.3) is 0 Å². The number of nitrogens with zero attached hydrogens (tertiary/aromatic N) is 2. The fourth-order valence-electron chi connectivity index (χ4n) is 3.00. The van der Waals surface area contributed by atoms with Crippen molar-refractivity contribution in [2.75, 3.05) is 25.0 Å². The molecule has 1 aliphatic heterocycles. The third-order valence-corrected chi connectivity index (χ3v) is 4.36. The average Bonchev–Trinajstić information content (AvgIpc) is 2.93. The van der Waals surface area contributed by atoms with Crippen molar-refractivity contribution in [1.29, 1.82) is 0 Å². The van der Waals surface area contributed by atoms with E-state index in [-0.39, 0.29) is 17.7 Å². The monoisotopic (exact) mass is 302 g/mol. The smallest absolute Gasteiger partial charge is 0.227 e. The minimum Gasteiger partial charge on any atom is -0.345 e. The Morgan fingerprint density at radius 1 is 1.32 bits per heavy atom. The molecule has 1 aromatic carbocycles. The molecule has 1 aliphatic rings. The minimum atomic E-state index is -0.209. The SMILES string of the molecule is CCCCN(C)C(=O)C1CC(=O)N(c2ccccc2CC)C1. The molecular weight excluding hydrogens is 276 g/mol. The Hall–Kier alpha value is -1.84. The highest BCUT2D eigenvalue weighted by atomic mass is 16.2. The highest BCUT2D eigenvalue weighted by molar-refractivity contribution is 6.00. The molecule has 2 rings (SSSR count). The van der Waals surface area contributed by atoms with E-state index in [1.54, 1.807) is 9.80 Å². The van der Waals surface area contributed by atoms with Crippen LogP contribution in [0.4, 0.5) is 5.69 Å². The third kappa shape index (κ3) is 3.49. The summed E-state index contributed by atoms with van der Waals surface area (Å²) in [5.41, 5.74) is 2.12. The molecule has 1 aromatic rings. The van der Waals surface area contributed by atoms with Gasteiger partial charge < -0.3 is 9.80 Å². The summed E-state index contributed by atoms with van der Waals surface area (Å²) in [6, 6.07) is 7.96. The number of hydrogen-bond donors (Lipinski definition) is 0. The predicted octanol–water partition coefficient (Wildman–Crippen LogP) is 2.86. The molecule has 120 valence electrons. The van der Waals surface area contributed by atoms with E-state index >= 15 is 0 Å². The Labute approximate surface area is 133 Å². The fourth-order valence-corrected chi connectivity index (χ4v) is 3.00. The molecule has 0 aliphatic carbocycles. The van der Waals surface area contributed by atoms with Crippen molar-refractivity contribution in [3.05, 3.63) is 29.8 Å². The summed E-state index contributed by atoms with van der Waals surface area (Å²) in [6.45, 7) is 5.47. The van der Waals surface area contributed by atoms with Gasteiger partial charge in [-0.25, -0.2) is 0 Å². The van der Waals surface area contributed by atoms with Crippen molar-refractivity contribution < 1.29 is 9.59 Å². The van der Waals surface area contributed by atoms with Crippen LogP contribution in [-0.4, -0.2) is 36.9 Å². The quantitative estimate of drug-likeness (QED) is 0.810. The van der Waals surface area contributed by atoms with E-state index in [4.69, 9.17) is 0 Å². The molecule has 0 aromatic heterocycles. The second kappa shape index (κ2) is 7.43. The lowest BCUT2D eigenvalue weighted by molar-refractivity contribution is -0.134. The first-order chi connectivity index (χ1) is 10.6. The number of rotatable bonds is 6. The number of amides is 2. The number of carbonyl (C=O) groups is 2. The first-order valence-corrected chi connectivity index (χ1v) is 8.21. The van der Waals surface area contributed by atoms with Gasteiger partial charge in [-0.1, -0.05) is 38.5 Å². The number of unbranched alkanes of at least 4 members (excludes halogenated alkanes) is 1. The molecule has 0 spiro atoms. The van der Waals surface area contributed by atoms with E-state index in [0.29, 0.717) is 13.0 Å². The van der Waals surface area contributed by atoms with Crippen molar-refractivity contribution in [3.8, 4) is 0 Å². The molecule has 2 amide bonds. The van der Waals surface area contributed by atoms with Crippen molar-refractivity contribution >= 4 is 17.5 Å². The van der Waals surface area contributed by atoms with E-state index in [2.05, 4.69) is 13.8 Å². The molecule has 1 heterocycles. The molecule has 0 radical (unpaired) electrons. The lowest BCUT2D eigenvalue weighted by Crippen LogP contribution is -2.35. The maximum absolute atomic E-state index is 12.5. The second-order valence-electron chi connectivity index (χ2n) is 6.00. The van der Waals surface area contributed by atoms with Crippen LogP contribution in [0, 0.1) is 5.92 Å². The van der Waals surface area contributed by atoms with Crippen LogP contribution in [0.2, 0.25) is 0 Å². The van der Waals surface area contributed by atoms with Crippen LogP contribution in [0.5, 0.6) is 0 Å². The lowest BCUT2D eigenvalue weighted by Gasteiger charge is -2.22. The van der Waals surface area contributed by atoms with Gasteiger partial charge in [0.25, 0.3) is 0 Å². The van der Waals surface area contributed by atoms with E-state index in [1.165, 1.54) is 0 Å². The molecular formula is C18H26N2O2. The number of hydrogen-bond acceptors (Lipinski definition) is 2. The maximum atomic E-state index is 12.5. The summed E-state index contributed by atoms with van der Waals surface area (Å²) in [5.74, 6) is -0.0549. The molecule has 22 heavy (non-hydrogen) atoms. The standard InChI is InChI=1S/C18H26N2O2/c1-4-6-11-19(3)18(22)15-12-17(21)20(13-15)16-10-8-7-9-14(16)5-2/h7-10,15H,4-6,11-13H2,1-3H3. The number of aryl methyl sites for hydroxylation is 1. The molecule has 0 N–H and O–H groups in total. The molecule has 1 atom stereocenters. The number of carbonyl (C=O) groups excluding carboxylic acids is 2. The number of para-hydroxylation sites is 1. The van der Waals surface area contributed by atoms with E-state index in [0.717, 1.165) is 37.1 Å². The van der Waals surface area contributed by atoms with Crippen LogP contribution in [-0.2, 0) is 16.0 Å². The Morgan fingerprint density at radius 3 is 2.73 bits per heavy atom. The second-order valence-corrected chi connectivity index (χ2v) is 6.00. The summed E-state index contributed by atoms with van der Waals surface area (Å²) >= 11 is 0. The Kier molecular flexibility index (Phi) is 5.58. The van der Waals surface area contributed by atoms with Gasteiger partial charge in [-0.2, -0.15) is 0 Å². The van der Waals surface area contributed by atoms with Gasteiger partial charge >= 0.3 is 0 Å². The lowest BCUT2D eigenvalue weighted by atomic mass is 10.1.